The molecule has 4 rings (SSSR count). The molecule has 2 saturated heterocycles. The van der Waals surface area contributed by atoms with Gasteiger partial charge in [0.05, 0.1) is 0 Å². The van der Waals surface area contributed by atoms with E-state index in [4.69, 9.17) is 5.73 Å². The van der Waals surface area contributed by atoms with Gasteiger partial charge in [-0.25, -0.2) is 9.67 Å². The van der Waals surface area contributed by atoms with Crippen LogP contribution in [0.4, 0.5) is 5.82 Å². The van der Waals surface area contributed by atoms with Gasteiger partial charge in [0.1, 0.15) is 28.3 Å². The molecule has 14 nitrogen and oxygen atoms in total. The molecule has 0 spiro atoms. The van der Waals surface area contributed by atoms with Crippen LogP contribution >= 0.6 is 23.5 Å². The number of unbranched alkanes of at least 4 members (excludes halogenated alkanes) is 3. The summed E-state index contributed by atoms with van der Waals surface area (Å²) in [4.78, 5) is 43.5. The number of carbonyl (C=O) groups is 3. The Bertz CT molecular complexity index is 1230. The summed E-state index contributed by atoms with van der Waals surface area (Å²) in [6.45, 7) is 2.78. The third-order valence-electron chi connectivity index (χ3n) is 6.41. The van der Waals surface area contributed by atoms with E-state index >= 15 is 0 Å². The fourth-order valence-corrected chi connectivity index (χ4v) is 7.01. The SMILES string of the molecule is CCCCCCn1nnnc1SCC1(C(=O)O)CS[C@@H]2C(NC(=O)C(=NO)c3cccc(N)n3)C(=O)N2C1. The fourth-order valence-electron chi connectivity index (χ4n) is 4.24. The number of fused-ring (bicyclic) bond motifs is 1. The number of amides is 2. The molecule has 2 unspecified atom stereocenters. The Kier molecular flexibility index (Phi) is 8.71. The average molecular weight is 564 g/mol. The van der Waals surface area contributed by atoms with Crippen molar-refractivity contribution in [3.63, 3.8) is 0 Å². The third-order valence-corrected chi connectivity index (χ3v) is 9.25. The molecule has 2 aliphatic rings. The van der Waals surface area contributed by atoms with E-state index in [-0.39, 0.29) is 35.3 Å². The average Bonchev–Trinajstić information content (AvgIpc) is 3.36. The first kappa shape index (κ1) is 27.6. The molecule has 3 atom stereocenters. The number of aromatic nitrogens is 5. The van der Waals surface area contributed by atoms with Crippen LogP contribution in [0.1, 0.15) is 38.3 Å². The second-order valence-corrected chi connectivity index (χ2v) is 11.2. The lowest BCUT2D eigenvalue weighted by molar-refractivity contribution is -0.157. The predicted octanol–water partition coefficient (Wildman–Crippen LogP) is 0.672. The first-order valence-electron chi connectivity index (χ1n) is 12.1. The van der Waals surface area contributed by atoms with Crippen LogP contribution in [-0.4, -0.2) is 93.4 Å². The molecular weight excluding hydrogens is 534 g/mol. The number of nitrogens with zero attached hydrogens (tertiary/aromatic N) is 7. The summed E-state index contributed by atoms with van der Waals surface area (Å²) >= 11 is 2.54. The molecule has 2 aromatic heterocycles. The van der Waals surface area contributed by atoms with Crippen molar-refractivity contribution in [1.82, 2.24) is 35.4 Å². The topological polar surface area (TPSA) is 202 Å². The largest absolute Gasteiger partial charge is 0.481 e. The zero-order valence-corrected chi connectivity index (χ0v) is 22.3. The van der Waals surface area contributed by atoms with Crippen molar-refractivity contribution in [2.75, 3.05) is 23.8 Å². The second-order valence-electron chi connectivity index (χ2n) is 9.13. The van der Waals surface area contributed by atoms with Crippen LogP contribution in [0.25, 0.3) is 0 Å². The Balaban J connectivity index is 1.37. The lowest BCUT2D eigenvalue weighted by Crippen LogP contribution is -2.74. The molecule has 2 fully saturated rings. The van der Waals surface area contributed by atoms with Crippen molar-refractivity contribution in [3.05, 3.63) is 23.9 Å². The molecule has 16 heteroatoms. The van der Waals surface area contributed by atoms with Gasteiger partial charge < -0.3 is 26.3 Å². The van der Waals surface area contributed by atoms with E-state index in [9.17, 15) is 24.7 Å². The maximum Gasteiger partial charge on any atom is 0.313 e. The molecule has 38 heavy (non-hydrogen) atoms. The number of rotatable bonds is 12. The number of nitrogen functional groups attached to an aromatic ring is 1. The van der Waals surface area contributed by atoms with Crippen LogP contribution in [0.2, 0.25) is 0 Å². The number of carbonyl (C=O) groups excluding carboxylic acids is 2. The Morgan fingerprint density at radius 2 is 2.16 bits per heavy atom. The van der Waals surface area contributed by atoms with E-state index < -0.39 is 34.6 Å². The van der Waals surface area contributed by atoms with Crippen molar-refractivity contribution >= 4 is 52.8 Å². The number of carboxylic acids is 1. The summed E-state index contributed by atoms with van der Waals surface area (Å²) < 4.78 is 1.69. The van der Waals surface area contributed by atoms with E-state index in [0.29, 0.717) is 11.7 Å². The van der Waals surface area contributed by atoms with E-state index in [0.717, 1.165) is 25.7 Å². The minimum atomic E-state index is -1.21. The third kappa shape index (κ3) is 5.70. The molecule has 0 aliphatic carbocycles. The van der Waals surface area contributed by atoms with Crippen LogP contribution in [0.3, 0.4) is 0 Å². The zero-order chi connectivity index (χ0) is 27.3. The minimum Gasteiger partial charge on any atom is -0.481 e. The van der Waals surface area contributed by atoms with Crippen molar-refractivity contribution in [1.29, 1.82) is 0 Å². The van der Waals surface area contributed by atoms with Gasteiger partial charge in [-0.15, -0.1) is 16.9 Å². The zero-order valence-electron chi connectivity index (χ0n) is 20.7. The molecular formula is C22H29N9O5S2. The highest BCUT2D eigenvalue weighted by Crippen LogP contribution is 2.44. The van der Waals surface area contributed by atoms with Gasteiger partial charge in [-0.3, -0.25) is 14.4 Å². The standard InChI is InChI=1S/C22H29N9O5S2/c1-2-3-4-5-9-31-21(26-28-29-31)38-12-22(20(34)35)10-30-18(33)16(19(30)37-11-22)25-17(32)15(27-36)13-7-6-8-14(23)24-13/h6-8,16,19,36H,2-5,9-12H2,1H3,(H2,23,24)(H,25,32)(H,34,35)/t16?,19-,22?/m1/s1. The summed E-state index contributed by atoms with van der Waals surface area (Å²) in [6, 6.07) is 3.64. The Morgan fingerprint density at radius 3 is 2.87 bits per heavy atom. The Labute approximate surface area is 226 Å². The van der Waals surface area contributed by atoms with Gasteiger partial charge in [0.25, 0.3) is 5.91 Å². The Hall–Kier alpha value is -3.40. The number of nitrogens with two attached hydrogens (primary N) is 1. The molecule has 0 aromatic carbocycles. The van der Waals surface area contributed by atoms with Gasteiger partial charge in [0.15, 0.2) is 5.71 Å². The summed E-state index contributed by atoms with van der Waals surface area (Å²) in [5.74, 6) is -1.67. The number of thioether (sulfide) groups is 2. The van der Waals surface area contributed by atoms with E-state index in [2.05, 4.69) is 37.9 Å². The highest BCUT2D eigenvalue weighted by molar-refractivity contribution is 8.00. The lowest BCUT2D eigenvalue weighted by atomic mass is 9.89. The molecule has 2 aliphatic heterocycles. The predicted molar refractivity (Wildman–Crippen MR) is 140 cm³/mol. The number of aryl methyl sites for hydroxylation is 1. The Morgan fingerprint density at radius 1 is 1.34 bits per heavy atom. The summed E-state index contributed by atoms with van der Waals surface area (Å²) in [7, 11) is 0. The smallest absolute Gasteiger partial charge is 0.313 e. The van der Waals surface area contributed by atoms with Crippen LogP contribution in [-0.2, 0) is 20.9 Å². The second kappa shape index (κ2) is 12.0. The highest BCUT2D eigenvalue weighted by Gasteiger charge is 2.57. The quantitative estimate of drug-likeness (QED) is 0.0703. The van der Waals surface area contributed by atoms with Crippen molar-refractivity contribution in [2.45, 2.75) is 55.7 Å². The van der Waals surface area contributed by atoms with E-state index in [1.165, 1.54) is 40.6 Å². The molecule has 0 bridgehead atoms. The van der Waals surface area contributed by atoms with Gasteiger partial charge in [-0.1, -0.05) is 49.2 Å². The van der Waals surface area contributed by atoms with E-state index in [1.807, 2.05) is 0 Å². The van der Waals surface area contributed by atoms with Crippen molar-refractivity contribution < 1.29 is 24.7 Å². The number of nitrogens with one attached hydrogen (secondary N) is 1. The van der Waals surface area contributed by atoms with Gasteiger partial charge in [-0.2, -0.15) is 0 Å². The van der Waals surface area contributed by atoms with Gasteiger partial charge >= 0.3 is 5.97 Å². The first-order valence-corrected chi connectivity index (χ1v) is 14.1. The summed E-state index contributed by atoms with van der Waals surface area (Å²) in [5.41, 5.74) is 4.10. The van der Waals surface area contributed by atoms with Gasteiger partial charge in [0.2, 0.25) is 11.1 Å². The normalized spacial score (nSPS) is 23.0. The number of carboxylic acid groups (broad SMARTS) is 1. The van der Waals surface area contributed by atoms with Crippen LogP contribution in [0, 0.1) is 5.41 Å². The minimum absolute atomic E-state index is 0.00596. The number of β-lactam (4-membered cyclic amide) rings is 1. The van der Waals surface area contributed by atoms with Crippen molar-refractivity contribution in [2.24, 2.45) is 10.6 Å². The number of tetrazole rings is 1. The molecule has 0 saturated carbocycles. The summed E-state index contributed by atoms with van der Waals surface area (Å²) in [6.07, 6.45) is 4.24. The van der Waals surface area contributed by atoms with Crippen LogP contribution < -0.4 is 11.1 Å². The molecule has 2 amide bonds. The molecule has 204 valence electrons. The highest BCUT2D eigenvalue weighted by atomic mass is 32.2. The fraction of sp³-hybridized carbons (Fsp3) is 0.545. The number of anilines is 1. The number of hydrogen-bond donors (Lipinski definition) is 4. The monoisotopic (exact) mass is 563 g/mol. The first-order chi connectivity index (χ1) is 18.3. The number of oxime groups is 1. The lowest BCUT2D eigenvalue weighted by Gasteiger charge is -2.53. The number of aliphatic carboxylic acids is 1. The molecule has 2 aromatic rings. The molecule has 5 N–H and O–H groups in total. The maximum atomic E-state index is 12.9. The van der Waals surface area contributed by atoms with Gasteiger partial charge in [0, 0.05) is 24.6 Å². The number of pyridine rings is 1. The van der Waals surface area contributed by atoms with Crippen molar-refractivity contribution in [3.8, 4) is 0 Å². The van der Waals surface area contributed by atoms with Crippen LogP contribution in [0.5, 0.6) is 0 Å². The number of hydrogen-bond acceptors (Lipinski definition) is 12. The van der Waals surface area contributed by atoms with Crippen LogP contribution in [0.15, 0.2) is 28.5 Å². The molecule has 0 radical (unpaired) electrons. The maximum absolute atomic E-state index is 12.9. The van der Waals surface area contributed by atoms with Gasteiger partial charge in [-0.05, 0) is 29.0 Å². The van der Waals surface area contributed by atoms with E-state index in [1.54, 1.807) is 10.7 Å². The summed E-state index contributed by atoms with van der Waals surface area (Å²) in [5, 5.41) is 37.0. The molecule has 4 heterocycles.